The standard InChI is InChI=1S/C20H17N3O2S2/c24-27(25,15-16-8-3-1-4-9-16)22-18-14-23(17-10-5-2-6-11-17)21-20(18)19-12-7-13-26-19/h1-14,22H,15H2. The Bertz CT molecular complexity index is 1120. The van der Waals surface area contributed by atoms with Crippen molar-refractivity contribution in [2.75, 3.05) is 4.72 Å². The predicted octanol–water partition coefficient (Wildman–Crippen LogP) is 4.54. The zero-order chi connectivity index (χ0) is 18.7. The van der Waals surface area contributed by atoms with E-state index in [1.165, 1.54) is 11.3 Å². The number of sulfonamides is 1. The van der Waals surface area contributed by atoms with Crippen molar-refractivity contribution in [2.24, 2.45) is 0 Å². The Morgan fingerprint density at radius 2 is 1.63 bits per heavy atom. The van der Waals surface area contributed by atoms with E-state index < -0.39 is 10.0 Å². The van der Waals surface area contributed by atoms with Crippen LogP contribution in [0.4, 0.5) is 5.69 Å². The highest BCUT2D eigenvalue weighted by atomic mass is 32.2. The molecule has 5 nitrogen and oxygen atoms in total. The van der Waals surface area contributed by atoms with Crippen molar-refractivity contribution in [1.82, 2.24) is 9.78 Å². The van der Waals surface area contributed by atoms with Crippen molar-refractivity contribution in [3.8, 4) is 16.3 Å². The van der Waals surface area contributed by atoms with E-state index in [1.54, 1.807) is 23.0 Å². The van der Waals surface area contributed by atoms with E-state index in [9.17, 15) is 8.42 Å². The fraction of sp³-hybridized carbons (Fsp3) is 0.0500. The summed E-state index contributed by atoms with van der Waals surface area (Å²) < 4.78 is 29.8. The molecule has 0 aliphatic heterocycles. The van der Waals surface area contributed by atoms with Crippen LogP contribution in [0.5, 0.6) is 0 Å². The van der Waals surface area contributed by atoms with Crippen LogP contribution in [0.25, 0.3) is 16.3 Å². The molecule has 7 heteroatoms. The molecule has 2 heterocycles. The normalized spacial score (nSPS) is 11.4. The first-order chi connectivity index (χ1) is 13.1. The van der Waals surface area contributed by atoms with Gasteiger partial charge in [-0.2, -0.15) is 5.10 Å². The summed E-state index contributed by atoms with van der Waals surface area (Å²) in [5.41, 5.74) is 2.68. The fourth-order valence-corrected chi connectivity index (χ4v) is 4.67. The van der Waals surface area contributed by atoms with Gasteiger partial charge in [-0.15, -0.1) is 11.3 Å². The quantitative estimate of drug-likeness (QED) is 0.521. The first kappa shape index (κ1) is 17.5. The Kier molecular flexibility index (Phi) is 4.79. The third-order valence-corrected chi connectivity index (χ3v) is 6.08. The molecule has 2 aromatic carbocycles. The summed E-state index contributed by atoms with van der Waals surface area (Å²) in [4.78, 5) is 0.905. The van der Waals surface area contributed by atoms with E-state index in [4.69, 9.17) is 0 Å². The Hall–Kier alpha value is -2.90. The second-order valence-electron chi connectivity index (χ2n) is 6.00. The van der Waals surface area contributed by atoms with Crippen LogP contribution in [-0.4, -0.2) is 18.2 Å². The van der Waals surface area contributed by atoms with E-state index in [2.05, 4.69) is 9.82 Å². The zero-order valence-corrected chi connectivity index (χ0v) is 16.0. The van der Waals surface area contributed by atoms with Crippen molar-refractivity contribution in [3.05, 3.63) is 89.9 Å². The highest BCUT2D eigenvalue weighted by molar-refractivity contribution is 7.91. The van der Waals surface area contributed by atoms with Crippen LogP contribution in [-0.2, 0) is 15.8 Å². The number of rotatable bonds is 6. The number of nitrogens with one attached hydrogen (secondary N) is 1. The van der Waals surface area contributed by atoms with Crippen molar-refractivity contribution in [2.45, 2.75) is 5.75 Å². The molecule has 27 heavy (non-hydrogen) atoms. The van der Waals surface area contributed by atoms with Crippen molar-refractivity contribution >= 4 is 27.0 Å². The second-order valence-corrected chi connectivity index (χ2v) is 8.67. The molecule has 0 saturated carbocycles. The number of aromatic nitrogens is 2. The third-order valence-electron chi connectivity index (χ3n) is 3.95. The SMILES string of the molecule is O=S(=O)(Cc1ccccc1)Nc1cn(-c2ccccc2)nc1-c1cccs1. The monoisotopic (exact) mass is 395 g/mol. The molecular formula is C20H17N3O2S2. The number of para-hydroxylation sites is 1. The minimum atomic E-state index is -3.57. The van der Waals surface area contributed by atoms with Gasteiger partial charge in [0.15, 0.2) is 0 Å². The van der Waals surface area contributed by atoms with E-state index in [0.717, 1.165) is 16.1 Å². The van der Waals surface area contributed by atoms with E-state index in [0.29, 0.717) is 11.4 Å². The number of anilines is 1. The summed E-state index contributed by atoms with van der Waals surface area (Å²) in [7, 11) is -3.57. The molecule has 1 N–H and O–H groups in total. The summed E-state index contributed by atoms with van der Waals surface area (Å²) in [6, 6.07) is 22.6. The molecule has 0 aliphatic carbocycles. The largest absolute Gasteiger partial charge is 0.279 e. The average molecular weight is 396 g/mol. The van der Waals surface area contributed by atoms with Gasteiger partial charge in [0.2, 0.25) is 10.0 Å². The molecular weight excluding hydrogens is 378 g/mol. The summed E-state index contributed by atoms with van der Waals surface area (Å²) in [5.74, 6) is -0.0891. The molecule has 0 aliphatic rings. The lowest BCUT2D eigenvalue weighted by atomic mass is 10.2. The fourth-order valence-electron chi connectivity index (χ4n) is 2.75. The van der Waals surface area contributed by atoms with Crippen LogP contribution in [0.3, 0.4) is 0 Å². The van der Waals surface area contributed by atoms with Gasteiger partial charge in [-0.3, -0.25) is 4.72 Å². The maximum absolute atomic E-state index is 12.7. The number of nitrogens with zero attached hydrogens (tertiary/aromatic N) is 2. The van der Waals surface area contributed by atoms with Crippen molar-refractivity contribution < 1.29 is 8.42 Å². The molecule has 136 valence electrons. The molecule has 0 saturated heterocycles. The van der Waals surface area contributed by atoms with Crippen molar-refractivity contribution in [3.63, 3.8) is 0 Å². The molecule has 0 amide bonds. The van der Waals surface area contributed by atoms with Gasteiger partial charge in [0, 0.05) is 0 Å². The Morgan fingerprint density at radius 3 is 2.30 bits per heavy atom. The van der Waals surface area contributed by atoms with Crippen LogP contribution in [0.1, 0.15) is 5.56 Å². The number of benzene rings is 2. The Morgan fingerprint density at radius 1 is 0.926 bits per heavy atom. The van der Waals surface area contributed by atoms with Crippen LogP contribution in [0, 0.1) is 0 Å². The lowest BCUT2D eigenvalue weighted by Crippen LogP contribution is -2.15. The molecule has 0 bridgehead atoms. The van der Waals surface area contributed by atoms with Gasteiger partial charge in [-0.1, -0.05) is 54.6 Å². The van der Waals surface area contributed by atoms with Gasteiger partial charge >= 0.3 is 0 Å². The highest BCUT2D eigenvalue weighted by Crippen LogP contribution is 2.32. The van der Waals surface area contributed by atoms with Crippen LogP contribution in [0.2, 0.25) is 0 Å². The topological polar surface area (TPSA) is 64.0 Å². The third kappa shape index (κ3) is 4.10. The van der Waals surface area contributed by atoms with Gasteiger partial charge in [-0.05, 0) is 29.1 Å². The minimum Gasteiger partial charge on any atom is -0.279 e. The molecule has 0 fully saturated rings. The first-order valence-electron chi connectivity index (χ1n) is 8.34. The maximum Gasteiger partial charge on any atom is 0.237 e. The van der Waals surface area contributed by atoms with Crippen LogP contribution in [0.15, 0.2) is 84.4 Å². The van der Waals surface area contributed by atoms with Gasteiger partial charge in [0.05, 0.1) is 28.2 Å². The summed E-state index contributed by atoms with van der Waals surface area (Å²) in [6.07, 6.45) is 1.72. The molecule has 0 spiro atoms. The number of hydrogen-bond donors (Lipinski definition) is 1. The number of hydrogen-bond acceptors (Lipinski definition) is 4. The highest BCUT2D eigenvalue weighted by Gasteiger charge is 2.19. The average Bonchev–Trinajstić information content (AvgIpc) is 3.32. The van der Waals surface area contributed by atoms with Gasteiger partial charge in [0.25, 0.3) is 0 Å². The van der Waals surface area contributed by atoms with Gasteiger partial charge in [0.1, 0.15) is 5.69 Å². The molecule has 0 unspecified atom stereocenters. The lowest BCUT2D eigenvalue weighted by molar-refractivity contribution is 0.600. The first-order valence-corrected chi connectivity index (χ1v) is 10.9. The Labute approximate surface area is 162 Å². The van der Waals surface area contributed by atoms with Crippen LogP contribution < -0.4 is 4.72 Å². The molecule has 0 atom stereocenters. The van der Waals surface area contributed by atoms with Crippen LogP contribution >= 0.6 is 11.3 Å². The molecule has 0 radical (unpaired) electrons. The summed E-state index contributed by atoms with van der Waals surface area (Å²) >= 11 is 1.52. The summed E-state index contributed by atoms with van der Waals surface area (Å²) in [6.45, 7) is 0. The molecule has 4 aromatic rings. The minimum absolute atomic E-state index is 0.0891. The lowest BCUT2D eigenvalue weighted by Gasteiger charge is -2.07. The predicted molar refractivity (Wildman–Crippen MR) is 110 cm³/mol. The summed E-state index contributed by atoms with van der Waals surface area (Å²) in [5, 5.41) is 6.56. The molecule has 4 rings (SSSR count). The van der Waals surface area contributed by atoms with Gasteiger partial charge < -0.3 is 0 Å². The maximum atomic E-state index is 12.7. The molecule has 2 aromatic heterocycles. The van der Waals surface area contributed by atoms with E-state index >= 15 is 0 Å². The van der Waals surface area contributed by atoms with E-state index in [1.807, 2.05) is 66.0 Å². The Balaban J connectivity index is 1.70. The smallest absolute Gasteiger partial charge is 0.237 e. The zero-order valence-electron chi connectivity index (χ0n) is 14.3. The van der Waals surface area contributed by atoms with Crippen molar-refractivity contribution in [1.29, 1.82) is 0 Å². The number of thiophene rings is 1. The second kappa shape index (κ2) is 7.38. The van der Waals surface area contributed by atoms with E-state index in [-0.39, 0.29) is 5.75 Å². The van der Waals surface area contributed by atoms with Gasteiger partial charge in [-0.25, -0.2) is 13.1 Å².